The summed E-state index contributed by atoms with van der Waals surface area (Å²) < 4.78 is 5.96. The Kier molecular flexibility index (Phi) is 2.67. The van der Waals surface area contributed by atoms with Crippen molar-refractivity contribution in [3.8, 4) is 0 Å². The van der Waals surface area contributed by atoms with Crippen LogP contribution in [0.3, 0.4) is 0 Å². The summed E-state index contributed by atoms with van der Waals surface area (Å²) in [6.07, 6.45) is 3.75. The maximum absolute atomic E-state index is 5.96. The van der Waals surface area contributed by atoms with Gasteiger partial charge in [0.15, 0.2) is 0 Å². The van der Waals surface area contributed by atoms with Gasteiger partial charge in [0.05, 0.1) is 6.54 Å². The van der Waals surface area contributed by atoms with E-state index in [0.717, 1.165) is 24.4 Å². The minimum atomic E-state index is 0.835. The second-order valence-electron chi connectivity index (χ2n) is 4.90. The highest BCUT2D eigenvalue weighted by molar-refractivity contribution is 5.84. The van der Waals surface area contributed by atoms with Gasteiger partial charge in [-0.3, -0.25) is 0 Å². The Morgan fingerprint density at radius 3 is 2.76 bits per heavy atom. The first-order chi connectivity index (χ1) is 8.29. The van der Waals surface area contributed by atoms with Gasteiger partial charge in [0.25, 0.3) is 0 Å². The molecule has 90 valence electrons. The molecule has 0 saturated carbocycles. The molecule has 0 spiro atoms. The highest BCUT2D eigenvalue weighted by Crippen LogP contribution is 2.32. The zero-order valence-corrected chi connectivity index (χ0v) is 10.6. The molecule has 1 aliphatic carbocycles. The number of rotatable bonds is 3. The van der Waals surface area contributed by atoms with Gasteiger partial charge in [-0.2, -0.15) is 0 Å². The minimum absolute atomic E-state index is 0.835. The molecule has 1 heterocycles. The van der Waals surface area contributed by atoms with Crippen LogP contribution in [-0.4, -0.2) is 6.54 Å². The molecule has 1 aromatic heterocycles. The topological polar surface area (TPSA) is 25.2 Å². The lowest BCUT2D eigenvalue weighted by atomic mass is 10.1. The Labute approximate surface area is 102 Å². The molecule has 0 unspecified atom stereocenters. The molecule has 2 aromatic rings. The highest BCUT2D eigenvalue weighted by atomic mass is 16.3. The molecule has 0 radical (unpaired) electrons. The Balaban J connectivity index is 2.07. The van der Waals surface area contributed by atoms with Crippen molar-refractivity contribution in [2.24, 2.45) is 0 Å². The van der Waals surface area contributed by atoms with E-state index in [1.54, 1.807) is 0 Å². The van der Waals surface area contributed by atoms with E-state index in [0.29, 0.717) is 0 Å². The normalized spacial score (nSPS) is 14.5. The number of furan rings is 1. The number of fused-ring (bicyclic) bond motifs is 2. The van der Waals surface area contributed by atoms with Crippen LogP contribution in [0, 0.1) is 6.92 Å². The van der Waals surface area contributed by atoms with Crippen LogP contribution >= 0.6 is 0 Å². The first-order valence-electron chi connectivity index (χ1n) is 6.54. The average Bonchev–Trinajstić information content (AvgIpc) is 2.89. The van der Waals surface area contributed by atoms with E-state index in [4.69, 9.17) is 4.42 Å². The van der Waals surface area contributed by atoms with Crippen molar-refractivity contribution in [2.45, 2.75) is 39.7 Å². The summed E-state index contributed by atoms with van der Waals surface area (Å²) in [5, 5.41) is 4.63. The van der Waals surface area contributed by atoms with Gasteiger partial charge in [0.1, 0.15) is 11.3 Å². The standard InChI is InChI=1S/C15H19NO/c1-3-16-9-15-10(2)13-7-11-5-4-6-12(11)8-14(13)17-15/h7-8,16H,3-6,9H2,1-2H3. The summed E-state index contributed by atoms with van der Waals surface area (Å²) in [5.74, 6) is 1.09. The zero-order valence-electron chi connectivity index (χ0n) is 10.6. The zero-order chi connectivity index (χ0) is 11.8. The van der Waals surface area contributed by atoms with Gasteiger partial charge in [0.2, 0.25) is 0 Å². The van der Waals surface area contributed by atoms with E-state index >= 15 is 0 Å². The van der Waals surface area contributed by atoms with Gasteiger partial charge in [0, 0.05) is 5.39 Å². The molecule has 2 nitrogen and oxygen atoms in total. The van der Waals surface area contributed by atoms with Gasteiger partial charge >= 0.3 is 0 Å². The Morgan fingerprint density at radius 2 is 2.00 bits per heavy atom. The molecule has 3 rings (SSSR count). The fraction of sp³-hybridized carbons (Fsp3) is 0.467. The van der Waals surface area contributed by atoms with Gasteiger partial charge in [-0.1, -0.05) is 6.92 Å². The highest BCUT2D eigenvalue weighted by Gasteiger charge is 2.16. The molecule has 0 aliphatic heterocycles. The molecule has 17 heavy (non-hydrogen) atoms. The summed E-state index contributed by atoms with van der Waals surface area (Å²) in [6, 6.07) is 4.59. The molecule has 1 aromatic carbocycles. The number of hydrogen-bond acceptors (Lipinski definition) is 2. The van der Waals surface area contributed by atoms with Gasteiger partial charge in [-0.15, -0.1) is 0 Å². The lowest BCUT2D eigenvalue weighted by Crippen LogP contribution is -2.11. The van der Waals surface area contributed by atoms with Crippen molar-refractivity contribution in [3.63, 3.8) is 0 Å². The van der Waals surface area contributed by atoms with Crippen LogP contribution in [0.4, 0.5) is 0 Å². The maximum Gasteiger partial charge on any atom is 0.134 e. The molecule has 2 heteroatoms. The van der Waals surface area contributed by atoms with Crippen molar-refractivity contribution in [1.82, 2.24) is 5.32 Å². The molecule has 1 aliphatic rings. The predicted octanol–water partition coefficient (Wildman–Crippen LogP) is 3.34. The van der Waals surface area contributed by atoms with Gasteiger partial charge in [-0.25, -0.2) is 0 Å². The number of nitrogens with one attached hydrogen (secondary N) is 1. The minimum Gasteiger partial charge on any atom is -0.459 e. The second kappa shape index (κ2) is 4.19. The van der Waals surface area contributed by atoms with Crippen LogP contribution in [0.5, 0.6) is 0 Å². The summed E-state index contributed by atoms with van der Waals surface area (Å²) in [4.78, 5) is 0. The van der Waals surface area contributed by atoms with Crippen molar-refractivity contribution < 1.29 is 4.42 Å². The SMILES string of the molecule is CCNCc1oc2cc3c(cc2c1C)CCC3. The first-order valence-corrected chi connectivity index (χ1v) is 6.54. The number of hydrogen-bond donors (Lipinski definition) is 1. The smallest absolute Gasteiger partial charge is 0.134 e. The maximum atomic E-state index is 5.96. The van der Waals surface area contributed by atoms with E-state index in [-0.39, 0.29) is 0 Å². The fourth-order valence-electron chi connectivity index (χ4n) is 2.75. The second-order valence-corrected chi connectivity index (χ2v) is 4.90. The molecule has 0 saturated heterocycles. The molecule has 0 atom stereocenters. The molecular formula is C15H19NO. The van der Waals surface area contributed by atoms with Gasteiger partial charge < -0.3 is 9.73 Å². The molecule has 0 fully saturated rings. The van der Waals surface area contributed by atoms with Crippen LogP contribution in [-0.2, 0) is 19.4 Å². The number of aryl methyl sites for hydroxylation is 3. The molecule has 0 amide bonds. The number of benzene rings is 1. The van der Waals surface area contributed by atoms with Crippen LogP contribution < -0.4 is 5.32 Å². The molecule has 1 N–H and O–H groups in total. The van der Waals surface area contributed by atoms with Crippen LogP contribution in [0.2, 0.25) is 0 Å². The third kappa shape index (κ3) is 1.77. The van der Waals surface area contributed by atoms with Crippen molar-refractivity contribution in [2.75, 3.05) is 6.54 Å². The summed E-state index contributed by atoms with van der Waals surface area (Å²) in [6.45, 7) is 6.10. The lowest BCUT2D eigenvalue weighted by molar-refractivity contribution is 0.516. The van der Waals surface area contributed by atoms with E-state index in [9.17, 15) is 0 Å². The van der Waals surface area contributed by atoms with Crippen LogP contribution in [0.1, 0.15) is 35.8 Å². The summed E-state index contributed by atoms with van der Waals surface area (Å²) >= 11 is 0. The fourth-order valence-corrected chi connectivity index (χ4v) is 2.75. The van der Waals surface area contributed by atoms with E-state index in [2.05, 4.69) is 31.3 Å². The Morgan fingerprint density at radius 1 is 1.24 bits per heavy atom. The predicted molar refractivity (Wildman–Crippen MR) is 70.4 cm³/mol. The quantitative estimate of drug-likeness (QED) is 0.873. The van der Waals surface area contributed by atoms with Crippen LogP contribution in [0.15, 0.2) is 16.5 Å². The van der Waals surface area contributed by atoms with Crippen molar-refractivity contribution in [3.05, 3.63) is 34.6 Å². The average molecular weight is 229 g/mol. The molecular weight excluding hydrogens is 210 g/mol. The van der Waals surface area contributed by atoms with Gasteiger partial charge in [-0.05, 0) is 61.6 Å². The summed E-state index contributed by atoms with van der Waals surface area (Å²) in [5.41, 5.74) is 5.38. The van der Waals surface area contributed by atoms with E-state index in [1.165, 1.54) is 41.3 Å². The van der Waals surface area contributed by atoms with Crippen molar-refractivity contribution in [1.29, 1.82) is 0 Å². The Hall–Kier alpha value is -1.28. The Bertz CT molecular complexity index is 554. The first kappa shape index (κ1) is 10.8. The summed E-state index contributed by atoms with van der Waals surface area (Å²) in [7, 11) is 0. The lowest BCUT2D eigenvalue weighted by Gasteiger charge is -1.98. The monoisotopic (exact) mass is 229 g/mol. The third-order valence-corrected chi connectivity index (χ3v) is 3.79. The molecule has 0 bridgehead atoms. The third-order valence-electron chi connectivity index (χ3n) is 3.79. The van der Waals surface area contributed by atoms with Crippen LogP contribution in [0.25, 0.3) is 11.0 Å². The van der Waals surface area contributed by atoms with E-state index in [1.807, 2.05) is 0 Å². The van der Waals surface area contributed by atoms with Crippen molar-refractivity contribution >= 4 is 11.0 Å². The largest absolute Gasteiger partial charge is 0.459 e. The van der Waals surface area contributed by atoms with E-state index < -0.39 is 0 Å².